The van der Waals surface area contributed by atoms with Gasteiger partial charge < -0.3 is 0 Å². The van der Waals surface area contributed by atoms with Gasteiger partial charge in [0.25, 0.3) is 47.3 Å². The van der Waals surface area contributed by atoms with Crippen molar-refractivity contribution < 1.29 is 38.4 Å². The van der Waals surface area contributed by atoms with Crippen LogP contribution in [0.5, 0.6) is 0 Å². The van der Waals surface area contributed by atoms with E-state index in [2.05, 4.69) is 189 Å². The first-order valence-electron chi connectivity index (χ1n) is 53.6. The molecule has 0 saturated carbocycles. The second-order valence-electron chi connectivity index (χ2n) is 41.4. The Morgan fingerprint density at radius 1 is 0.182 bits per heavy atom. The zero-order valence-corrected chi connectivity index (χ0v) is 82.3. The van der Waals surface area contributed by atoms with Crippen LogP contribution >= 0.6 is 0 Å². The Kier molecular flexibility index (Phi) is 26.9. The molecule has 20 rings (SSSR count). The topological polar surface area (TPSA) is 150 Å². The third kappa shape index (κ3) is 15.5. The largest absolute Gasteiger partial charge is 0.271 e. The van der Waals surface area contributed by atoms with Gasteiger partial charge in [-0.3, -0.25) is 58.0 Å². The van der Waals surface area contributed by atoms with Crippen molar-refractivity contribution in [2.45, 2.75) is 342 Å². The van der Waals surface area contributed by atoms with Gasteiger partial charge in [0.05, 0.1) is 5.41 Å². The lowest BCUT2D eigenvalue weighted by molar-refractivity contribution is 0.0501. The standard InChI is InChI=1S/C125H136N4O8/c1-9-17-25-33-45-79(46-34-26-18-10-2)126-117(130)93-67-61-87-89-63-69-97-113-101(123(136)128(121(97)134)81(49-37-29-21-13-5)50-38-30-22-14-6)75-99(109(115(89)113)91-65-71-95(119(126)132)111(93)107(87)91)77-57-59-85-86-60-58-78(74-106(86)125(105(85)73-77)103-55-43-41-53-83(103)84-54-42-44-56-104(84)125)100-76-102-114-98(122(135)129(124(102)137)82(51-39-31-23-15-7)52-40-32-24-16-8)70-64-90-88-62-68-94-112-96(72-66-92(108(88)112)110(100)116(90)114)120(133)127(118(94)131)80(47-35-27-19-11-3)48-36-28-20-12-4/h41-44,53-76,79-82H,9-40,45-52H2,1-8H3. The molecule has 137 heavy (non-hydrogen) atoms. The average molecular weight is 1820 g/mol. The van der Waals surface area contributed by atoms with Crippen LogP contribution in [0, 0.1) is 0 Å². The maximum atomic E-state index is 16.7. The maximum absolute atomic E-state index is 16.7. The molecule has 4 heterocycles. The minimum absolute atomic E-state index is 0.251. The monoisotopic (exact) mass is 1820 g/mol. The van der Waals surface area contributed by atoms with Crippen LogP contribution in [0.25, 0.3) is 131 Å². The molecule has 8 amide bonds. The molecule has 1 spiro atoms. The second kappa shape index (κ2) is 39.6. The number of hydrogen-bond acceptors (Lipinski definition) is 8. The molecule has 0 fully saturated rings. The molecule has 0 aromatic heterocycles. The number of carbonyl (C=O) groups excluding carboxylic acids is 8. The van der Waals surface area contributed by atoms with Crippen molar-refractivity contribution in [2.75, 3.05) is 0 Å². The van der Waals surface area contributed by atoms with E-state index in [1.807, 2.05) is 36.4 Å². The van der Waals surface area contributed by atoms with Gasteiger partial charge in [0, 0.05) is 90.2 Å². The van der Waals surface area contributed by atoms with E-state index in [-0.39, 0.29) is 71.4 Å². The summed E-state index contributed by atoms with van der Waals surface area (Å²) in [6.07, 6.45) is 38.6. The highest BCUT2D eigenvalue weighted by Gasteiger charge is 2.53. The molecular weight excluding hydrogens is 1690 g/mol. The molecule has 14 aromatic carbocycles. The van der Waals surface area contributed by atoms with Gasteiger partial charge >= 0.3 is 0 Å². The molecule has 14 aromatic rings. The van der Waals surface area contributed by atoms with Crippen molar-refractivity contribution in [2.24, 2.45) is 0 Å². The van der Waals surface area contributed by atoms with Crippen LogP contribution in [0.1, 0.15) is 417 Å². The van der Waals surface area contributed by atoms with E-state index in [1.54, 1.807) is 19.6 Å². The van der Waals surface area contributed by atoms with E-state index in [1.165, 1.54) is 0 Å². The summed E-state index contributed by atoms with van der Waals surface area (Å²) < 4.78 is 0. The van der Waals surface area contributed by atoms with Crippen molar-refractivity contribution >= 4 is 133 Å². The highest BCUT2D eigenvalue weighted by atomic mass is 16.2. The molecule has 0 atom stereocenters. The van der Waals surface area contributed by atoms with Crippen molar-refractivity contribution in [1.29, 1.82) is 0 Å². The Morgan fingerprint density at radius 2 is 0.401 bits per heavy atom. The molecular formula is C125H136N4O8. The number of imide groups is 4. The molecule has 0 N–H and O–H groups in total. The van der Waals surface area contributed by atoms with Crippen LogP contribution in [0.2, 0.25) is 0 Å². The van der Waals surface area contributed by atoms with E-state index in [0.29, 0.717) is 91.7 Å². The second-order valence-corrected chi connectivity index (χ2v) is 41.4. The molecule has 0 unspecified atom stereocenters. The summed E-state index contributed by atoms with van der Waals surface area (Å²) in [4.78, 5) is 136. The number of fused-ring (bicyclic) bond motifs is 14. The first-order valence-corrected chi connectivity index (χ1v) is 53.6. The lowest BCUT2D eigenvalue weighted by Crippen LogP contribution is -2.47. The van der Waals surface area contributed by atoms with Crippen LogP contribution < -0.4 is 0 Å². The zero-order chi connectivity index (χ0) is 94.6. The SMILES string of the molecule is CCCCCCC(CCCCCC)N1C(=O)c2ccc3c4ccc5c6c(cc(-c7ccc8c(c7)C7(c9ccccc9-c9ccccc97)c7cc(-c9cc%10c%11c(ccc%12c%13ccc%14c%15c(ccc(c9c%11%12)c%15%13)C(=O)N(C(CCCCCC)CCCCCC)C%14=O)C(=O)N(C(CCCCCC)CCCCCC)C%10=O)ccc7-8)c(c7ccc(c2c37)C1=O)c64)C(=O)N(C(CCCCCC)CCCCCC)C5=O. The van der Waals surface area contributed by atoms with E-state index in [0.717, 1.165) is 363 Å². The number of amides is 8. The molecule has 12 nitrogen and oxygen atoms in total. The van der Waals surface area contributed by atoms with Crippen molar-refractivity contribution in [3.05, 3.63) is 237 Å². The van der Waals surface area contributed by atoms with Gasteiger partial charge in [0.2, 0.25) is 0 Å². The van der Waals surface area contributed by atoms with Gasteiger partial charge in [0.1, 0.15) is 0 Å². The number of rotatable bonds is 46. The Bertz CT molecular complexity index is 6610. The summed E-state index contributed by atoms with van der Waals surface area (Å²) in [7, 11) is 0. The Hall–Kier alpha value is -11.8. The van der Waals surface area contributed by atoms with E-state index < -0.39 is 5.41 Å². The average Bonchev–Trinajstić information content (AvgIpc) is 1.66. The third-order valence-electron chi connectivity index (χ3n) is 32.9. The van der Waals surface area contributed by atoms with Crippen molar-refractivity contribution in [1.82, 2.24) is 19.6 Å². The van der Waals surface area contributed by atoms with Crippen LogP contribution in [0.15, 0.2) is 170 Å². The molecule has 12 heteroatoms. The normalized spacial score (nSPS) is 14.8. The maximum Gasteiger partial charge on any atom is 0.261 e. The van der Waals surface area contributed by atoms with E-state index in [4.69, 9.17) is 0 Å². The van der Waals surface area contributed by atoms with Gasteiger partial charge in [0.15, 0.2) is 0 Å². The highest BCUT2D eigenvalue weighted by molar-refractivity contribution is 6.45. The zero-order valence-electron chi connectivity index (χ0n) is 82.3. The van der Waals surface area contributed by atoms with Gasteiger partial charge in [-0.1, -0.05) is 370 Å². The predicted octanol–water partition coefficient (Wildman–Crippen LogP) is 33.1. The fourth-order valence-corrected chi connectivity index (χ4v) is 26.1. The van der Waals surface area contributed by atoms with Gasteiger partial charge in [-0.05, 0) is 243 Å². The predicted molar refractivity (Wildman–Crippen MR) is 563 cm³/mol. The summed E-state index contributed by atoms with van der Waals surface area (Å²) in [6, 6.07) is 58.8. The van der Waals surface area contributed by atoms with Crippen LogP contribution in [0.3, 0.4) is 0 Å². The molecule has 0 saturated heterocycles. The van der Waals surface area contributed by atoms with Gasteiger partial charge in [-0.15, -0.1) is 0 Å². The summed E-state index contributed by atoms with van der Waals surface area (Å²) in [5, 5.41) is 12.5. The Labute approximate surface area is 809 Å². The summed E-state index contributed by atoms with van der Waals surface area (Å²) >= 11 is 0. The van der Waals surface area contributed by atoms with Crippen LogP contribution in [-0.2, 0) is 5.41 Å². The van der Waals surface area contributed by atoms with E-state index in [9.17, 15) is 0 Å². The minimum Gasteiger partial charge on any atom is -0.271 e. The Balaban J connectivity index is 0.817. The van der Waals surface area contributed by atoms with Crippen LogP contribution in [-0.4, -0.2) is 91.0 Å². The molecule has 6 aliphatic rings. The van der Waals surface area contributed by atoms with Crippen LogP contribution in [0.4, 0.5) is 0 Å². The molecule has 2 aliphatic carbocycles. The fourth-order valence-electron chi connectivity index (χ4n) is 26.1. The molecule has 704 valence electrons. The third-order valence-corrected chi connectivity index (χ3v) is 32.9. The lowest BCUT2D eigenvalue weighted by atomic mass is 9.69. The molecule has 0 bridgehead atoms. The van der Waals surface area contributed by atoms with Crippen molar-refractivity contribution in [3.63, 3.8) is 0 Å². The number of unbranched alkanes of at least 4 members (excludes halogenated alkanes) is 24. The molecule has 0 radical (unpaired) electrons. The fraction of sp³-hybridized carbons (Fsp3) is 0.424. The number of hydrogen-bond donors (Lipinski definition) is 0. The lowest BCUT2D eigenvalue weighted by Gasteiger charge is -2.36. The number of benzene rings is 14. The first kappa shape index (κ1) is 92.9. The summed E-state index contributed by atoms with van der Waals surface area (Å²) in [5.74, 6) is -2.15. The quantitative estimate of drug-likeness (QED) is 0.0158. The van der Waals surface area contributed by atoms with Gasteiger partial charge in [-0.25, -0.2) is 0 Å². The highest BCUT2D eigenvalue weighted by Crippen LogP contribution is 2.65. The van der Waals surface area contributed by atoms with Crippen molar-refractivity contribution in [3.8, 4) is 44.5 Å². The smallest absolute Gasteiger partial charge is 0.261 e. The molecule has 4 aliphatic heterocycles. The Morgan fingerprint density at radius 3 is 0.664 bits per heavy atom. The first-order chi connectivity index (χ1) is 67.1. The summed E-state index contributed by atoms with van der Waals surface area (Å²) in [5.41, 5.74) is 14.8. The number of carbonyl (C=O) groups is 8. The van der Waals surface area contributed by atoms with E-state index >= 15 is 38.4 Å². The van der Waals surface area contributed by atoms with Gasteiger partial charge in [-0.2, -0.15) is 0 Å². The number of nitrogens with zero attached hydrogens (tertiary/aromatic N) is 4. The minimum atomic E-state index is -1.01. The summed E-state index contributed by atoms with van der Waals surface area (Å²) in [6.45, 7) is 17.7.